The molecule has 0 heterocycles. The van der Waals surface area contributed by atoms with Gasteiger partial charge in [0.2, 0.25) is 0 Å². The molecule has 0 saturated carbocycles. The van der Waals surface area contributed by atoms with E-state index >= 15 is 0 Å². The van der Waals surface area contributed by atoms with E-state index in [9.17, 15) is 5.11 Å². The van der Waals surface area contributed by atoms with Crippen LogP contribution >= 0.6 is 15.9 Å². The Kier molecular flexibility index (Phi) is 4.23. The van der Waals surface area contributed by atoms with Crippen molar-refractivity contribution in [3.8, 4) is 11.5 Å². The summed E-state index contributed by atoms with van der Waals surface area (Å²) in [5.41, 5.74) is 7.53. The fourth-order valence-electron chi connectivity index (χ4n) is 1.68. The molecule has 94 valence electrons. The number of aromatic hydroxyl groups is 1. The Morgan fingerprint density at radius 3 is 2.67 bits per heavy atom. The lowest BCUT2D eigenvalue weighted by atomic mass is 10.2. The Balaban J connectivity index is 2.15. The van der Waals surface area contributed by atoms with Gasteiger partial charge in [0.15, 0.2) is 0 Å². The summed E-state index contributed by atoms with van der Waals surface area (Å²) in [6, 6.07) is 12.8. The fourth-order valence-corrected chi connectivity index (χ4v) is 2.20. The van der Waals surface area contributed by atoms with Crippen molar-refractivity contribution in [3.63, 3.8) is 0 Å². The lowest BCUT2D eigenvalue weighted by Crippen LogP contribution is -2.03. The Bertz CT molecular complexity index is 543. The molecular formula is C14H14BrNO2. The molecule has 0 aliphatic rings. The molecule has 4 heteroatoms. The molecule has 0 aliphatic carbocycles. The Labute approximate surface area is 114 Å². The zero-order valence-corrected chi connectivity index (χ0v) is 11.4. The minimum atomic E-state index is 0.238. The molecule has 3 nitrogen and oxygen atoms in total. The van der Waals surface area contributed by atoms with Crippen molar-refractivity contribution in [3.05, 3.63) is 58.1 Å². The van der Waals surface area contributed by atoms with Crippen LogP contribution in [0.1, 0.15) is 11.1 Å². The second-order valence-corrected chi connectivity index (χ2v) is 4.75. The fraction of sp³-hybridized carbons (Fsp3) is 0.143. The molecule has 3 N–H and O–H groups in total. The van der Waals surface area contributed by atoms with E-state index in [-0.39, 0.29) is 5.75 Å². The second-order valence-electron chi connectivity index (χ2n) is 3.89. The highest BCUT2D eigenvalue weighted by Crippen LogP contribution is 2.29. The summed E-state index contributed by atoms with van der Waals surface area (Å²) in [7, 11) is 0. The van der Waals surface area contributed by atoms with Crippen molar-refractivity contribution in [2.24, 2.45) is 5.73 Å². The molecule has 0 spiro atoms. The number of phenolic OH excluding ortho intramolecular Hbond substituents is 1. The van der Waals surface area contributed by atoms with Crippen molar-refractivity contribution in [1.29, 1.82) is 0 Å². The number of rotatable bonds is 4. The first-order chi connectivity index (χ1) is 8.70. The molecule has 0 unspecified atom stereocenters. The Morgan fingerprint density at radius 2 is 1.94 bits per heavy atom. The van der Waals surface area contributed by atoms with Gasteiger partial charge in [0.1, 0.15) is 18.1 Å². The standard InChI is InChI=1S/C14H14BrNO2/c15-13-6-2-4-11(8-16)14(13)18-9-10-3-1-5-12(17)7-10/h1-7,17H,8-9,16H2. The van der Waals surface area contributed by atoms with Gasteiger partial charge in [0.05, 0.1) is 4.47 Å². The summed E-state index contributed by atoms with van der Waals surface area (Å²) in [5.74, 6) is 0.991. The predicted molar refractivity (Wildman–Crippen MR) is 74.5 cm³/mol. The molecule has 2 rings (SSSR count). The van der Waals surface area contributed by atoms with Crippen LogP contribution in [0.5, 0.6) is 11.5 Å². The summed E-state index contributed by atoms with van der Waals surface area (Å²) in [4.78, 5) is 0. The summed E-state index contributed by atoms with van der Waals surface area (Å²) < 4.78 is 6.64. The quantitative estimate of drug-likeness (QED) is 0.912. The van der Waals surface area contributed by atoms with Crippen LogP contribution in [0.2, 0.25) is 0 Å². The van der Waals surface area contributed by atoms with Crippen molar-refractivity contribution < 1.29 is 9.84 Å². The molecule has 0 bridgehead atoms. The molecule has 0 fully saturated rings. The van der Waals surface area contributed by atoms with E-state index in [4.69, 9.17) is 10.5 Å². The summed E-state index contributed by atoms with van der Waals surface area (Å²) >= 11 is 3.45. The van der Waals surface area contributed by atoms with E-state index in [2.05, 4.69) is 15.9 Å². The summed E-state index contributed by atoms with van der Waals surface area (Å²) in [5, 5.41) is 9.38. The van der Waals surface area contributed by atoms with Gasteiger partial charge in [-0.05, 0) is 39.7 Å². The van der Waals surface area contributed by atoms with E-state index < -0.39 is 0 Å². The second kappa shape index (κ2) is 5.89. The first-order valence-corrected chi connectivity index (χ1v) is 6.38. The zero-order chi connectivity index (χ0) is 13.0. The SMILES string of the molecule is NCc1cccc(Br)c1OCc1cccc(O)c1. The van der Waals surface area contributed by atoms with Crippen LogP contribution in [0, 0.1) is 0 Å². The molecule has 0 aromatic heterocycles. The van der Waals surface area contributed by atoms with Crippen LogP contribution in [0.3, 0.4) is 0 Å². The van der Waals surface area contributed by atoms with Crippen molar-refractivity contribution in [2.75, 3.05) is 0 Å². The minimum Gasteiger partial charge on any atom is -0.508 e. The van der Waals surface area contributed by atoms with Gasteiger partial charge in [-0.2, -0.15) is 0 Å². The minimum absolute atomic E-state index is 0.238. The molecule has 0 radical (unpaired) electrons. The third-order valence-electron chi connectivity index (χ3n) is 2.56. The molecule has 0 saturated heterocycles. The third-order valence-corrected chi connectivity index (χ3v) is 3.19. The third kappa shape index (κ3) is 3.03. The van der Waals surface area contributed by atoms with Crippen molar-refractivity contribution in [2.45, 2.75) is 13.2 Å². The number of benzene rings is 2. The molecule has 2 aromatic rings. The molecule has 0 aliphatic heterocycles. The normalized spacial score (nSPS) is 10.3. The highest BCUT2D eigenvalue weighted by atomic mass is 79.9. The van der Waals surface area contributed by atoms with Gasteiger partial charge in [-0.3, -0.25) is 0 Å². The monoisotopic (exact) mass is 307 g/mol. The number of para-hydroxylation sites is 1. The lowest BCUT2D eigenvalue weighted by molar-refractivity contribution is 0.300. The number of hydrogen-bond acceptors (Lipinski definition) is 3. The van der Waals surface area contributed by atoms with Crippen molar-refractivity contribution in [1.82, 2.24) is 0 Å². The molecule has 0 atom stereocenters. The number of nitrogens with two attached hydrogens (primary N) is 1. The van der Waals surface area contributed by atoms with Crippen LogP contribution in [0.4, 0.5) is 0 Å². The first kappa shape index (κ1) is 12.9. The van der Waals surface area contributed by atoms with Gasteiger partial charge in [0, 0.05) is 12.1 Å². The zero-order valence-electron chi connectivity index (χ0n) is 9.77. The summed E-state index contributed by atoms with van der Waals surface area (Å²) in [6.45, 7) is 0.818. The van der Waals surface area contributed by atoms with Crippen molar-refractivity contribution >= 4 is 15.9 Å². The number of halogens is 1. The van der Waals surface area contributed by atoms with Gasteiger partial charge in [-0.15, -0.1) is 0 Å². The van der Waals surface area contributed by atoms with Crippen LogP contribution < -0.4 is 10.5 Å². The van der Waals surface area contributed by atoms with E-state index in [1.165, 1.54) is 0 Å². The number of hydrogen-bond donors (Lipinski definition) is 2. The van der Waals surface area contributed by atoms with Crippen LogP contribution in [0.15, 0.2) is 46.9 Å². The Morgan fingerprint density at radius 1 is 1.17 bits per heavy atom. The number of ether oxygens (including phenoxy) is 1. The van der Waals surface area contributed by atoms with Crippen LogP contribution in [-0.4, -0.2) is 5.11 Å². The smallest absolute Gasteiger partial charge is 0.138 e. The Hall–Kier alpha value is -1.52. The van der Waals surface area contributed by atoms with Crippen LogP contribution in [0.25, 0.3) is 0 Å². The molecule has 2 aromatic carbocycles. The maximum atomic E-state index is 9.38. The van der Waals surface area contributed by atoms with Gasteiger partial charge >= 0.3 is 0 Å². The van der Waals surface area contributed by atoms with Gasteiger partial charge < -0.3 is 15.6 Å². The average molecular weight is 308 g/mol. The molecule has 18 heavy (non-hydrogen) atoms. The average Bonchev–Trinajstić information content (AvgIpc) is 2.37. The van der Waals surface area contributed by atoms with Gasteiger partial charge in [-0.25, -0.2) is 0 Å². The highest BCUT2D eigenvalue weighted by molar-refractivity contribution is 9.10. The molecule has 0 amide bonds. The van der Waals surface area contributed by atoms with E-state index in [0.29, 0.717) is 13.2 Å². The molecular weight excluding hydrogens is 294 g/mol. The van der Waals surface area contributed by atoms with E-state index in [1.807, 2.05) is 24.3 Å². The lowest BCUT2D eigenvalue weighted by Gasteiger charge is -2.12. The number of phenols is 1. The van der Waals surface area contributed by atoms with Gasteiger partial charge in [-0.1, -0.05) is 24.3 Å². The largest absolute Gasteiger partial charge is 0.508 e. The van der Waals surface area contributed by atoms with E-state index in [0.717, 1.165) is 21.3 Å². The summed E-state index contributed by atoms with van der Waals surface area (Å²) in [6.07, 6.45) is 0. The van der Waals surface area contributed by atoms with Crippen LogP contribution in [-0.2, 0) is 13.2 Å². The predicted octanol–water partition coefficient (Wildman–Crippen LogP) is 3.19. The maximum absolute atomic E-state index is 9.38. The first-order valence-electron chi connectivity index (χ1n) is 5.59. The van der Waals surface area contributed by atoms with E-state index in [1.54, 1.807) is 18.2 Å². The highest BCUT2D eigenvalue weighted by Gasteiger charge is 2.07. The van der Waals surface area contributed by atoms with Gasteiger partial charge in [0.25, 0.3) is 0 Å². The topological polar surface area (TPSA) is 55.5 Å². The maximum Gasteiger partial charge on any atom is 0.138 e.